The maximum atomic E-state index is 6.15. The van der Waals surface area contributed by atoms with Crippen LogP contribution in [0.2, 0.25) is 5.02 Å². The van der Waals surface area contributed by atoms with Crippen molar-refractivity contribution in [2.24, 2.45) is 0 Å². The highest BCUT2D eigenvalue weighted by Crippen LogP contribution is 2.38. The van der Waals surface area contributed by atoms with Gasteiger partial charge in [0.2, 0.25) is 0 Å². The van der Waals surface area contributed by atoms with Crippen molar-refractivity contribution >= 4 is 23.0 Å². The second-order valence-electron chi connectivity index (χ2n) is 5.30. The average molecular weight is 271 g/mol. The molecule has 2 aromatic carbocycles. The summed E-state index contributed by atoms with van der Waals surface area (Å²) < 4.78 is 0. The zero-order valence-corrected chi connectivity index (χ0v) is 11.3. The molecule has 0 spiro atoms. The van der Waals surface area contributed by atoms with Crippen LogP contribution >= 0.6 is 11.6 Å². The molecule has 0 aromatic heterocycles. The van der Waals surface area contributed by atoms with E-state index in [9.17, 15) is 0 Å². The second kappa shape index (κ2) is 4.17. The van der Waals surface area contributed by atoms with Crippen LogP contribution < -0.4 is 10.2 Å². The van der Waals surface area contributed by atoms with Gasteiger partial charge in [0.25, 0.3) is 0 Å². The molecule has 0 radical (unpaired) electrons. The number of anilines is 2. The lowest BCUT2D eigenvalue weighted by atomic mass is 9.92. The first-order valence-corrected chi connectivity index (χ1v) is 7.06. The van der Waals surface area contributed by atoms with Crippen molar-refractivity contribution in [3.05, 3.63) is 58.6 Å². The Bertz CT molecular complexity index is 638. The predicted molar refractivity (Wildman–Crippen MR) is 80.1 cm³/mol. The van der Waals surface area contributed by atoms with Crippen LogP contribution in [0, 0.1) is 0 Å². The molecule has 0 amide bonds. The predicted octanol–water partition coefficient (Wildman–Crippen LogP) is 3.70. The molecule has 2 nitrogen and oxygen atoms in total. The highest BCUT2D eigenvalue weighted by atomic mass is 35.5. The lowest BCUT2D eigenvalue weighted by molar-refractivity contribution is 0.562. The summed E-state index contributed by atoms with van der Waals surface area (Å²) in [5, 5.41) is 4.33. The summed E-state index contributed by atoms with van der Waals surface area (Å²) in [7, 11) is 0. The molecule has 2 aliphatic heterocycles. The van der Waals surface area contributed by atoms with Gasteiger partial charge in [0.05, 0.1) is 17.4 Å². The minimum Gasteiger partial charge on any atom is -0.381 e. The van der Waals surface area contributed by atoms with Gasteiger partial charge in [-0.3, -0.25) is 0 Å². The number of halogens is 1. The van der Waals surface area contributed by atoms with E-state index in [4.69, 9.17) is 11.6 Å². The standard InChI is InChI=1S/C16H15ClN2/c17-13-5-6-15-16(8-13)19-10-12-4-2-1-3-11(12)7-14(19)9-18-15/h1-6,8,14,18H,7,9-10H2. The zero-order chi connectivity index (χ0) is 12.8. The Kier molecular flexibility index (Phi) is 2.46. The monoisotopic (exact) mass is 270 g/mol. The van der Waals surface area contributed by atoms with Crippen molar-refractivity contribution in [3.8, 4) is 0 Å². The smallest absolute Gasteiger partial charge is 0.0623 e. The van der Waals surface area contributed by atoms with Crippen LogP contribution in [0.4, 0.5) is 11.4 Å². The highest BCUT2D eigenvalue weighted by Gasteiger charge is 2.30. The van der Waals surface area contributed by atoms with Crippen LogP contribution in [-0.4, -0.2) is 12.6 Å². The summed E-state index contributed by atoms with van der Waals surface area (Å²) in [6, 6.07) is 15.4. The van der Waals surface area contributed by atoms with Crippen LogP contribution in [0.1, 0.15) is 11.1 Å². The van der Waals surface area contributed by atoms with Crippen molar-refractivity contribution in [2.75, 3.05) is 16.8 Å². The normalized spacial score (nSPS) is 20.1. The molecule has 1 N–H and O–H groups in total. The Morgan fingerprint density at radius 1 is 1.11 bits per heavy atom. The van der Waals surface area contributed by atoms with E-state index in [0.29, 0.717) is 6.04 Å². The van der Waals surface area contributed by atoms with Gasteiger partial charge in [-0.1, -0.05) is 35.9 Å². The van der Waals surface area contributed by atoms with Gasteiger partial charge in [-0.15, -0.1) is 0 Å². The Morgan fingerprint density at radius 2 is 1.95 bits per heavy atom. The van der Waals surface area contributed by atoms with Crippen molar-refractivity contribution < 1.29 is 0 Å². The first kappa shape index (κ1) is 11.2. The van der Waals surface area contributed by atoms with E-state index in [0.717, 1.165) is 24.5 Å². The third kappa shape index (κ3) is 1.79. The van der Waals surface area contributed by atoms with Crippen LogP contribution in [-0.2, 0) is 13.0 Å². The molecule has 3 heteroatoms. The quantitative estimate of drug-likeness (QED) is 0.785. The molecule has 2 aliphatic rings. The summed E-state index contributed by atoms with van der Waals surface area (Å²) in [4.78, 5) is 2.49. The third-order valence-electron chi connectivity index (χ3n) is 4.15. The van der Waals surface area contributed by atoms with Crippen molar-refractivity contribution in [1.82, 2.24) is 0 Å². The van der Waals surface area contributed by atoms with Gasteiger partial charge in [0.1, 0.15) is 0 Å². The Morgan fingerprint density at radius 3 is 2.84 bits per heavy atom. The molecule has 1 atom stereocenters. The fourth-order valence-corrected chi connectivity index (χ4v) is 3.34. The Hall–Kier alpha value is -1.67. The van der Waals surface area contributed by atoms with Crippen LogP contribution in [0.25, 0.3) is 0 Å². The maximum absolute atomic E-state index is 6.15. The number of hydrogen-bond acceptors (Lipinski definition) is 2. The van der Waals surface area contributed by atoms with E-state index < -0.39 is 0 Å². The Labute approximate surface area is 118 Å². The lowest BCUT2D eigenvalue weighted by Crippen LogP contribution is -2.47. The molecule has 19 heavy (non-hydrogen) atoms. The van der Waals surface area contributed by atoms with Crippen LogP contribution in [0.3, 0.4) is 0 Å². The molecule has 0 bridgehead atoms. The second-order valence-corrected chi connectivity index (χ2v) is 5.73. The van der Waals surface area contributed by atoms with E-state index in [1.54, 1.807) is 0 Å². The van der Waals surface area contributed by atoms with Crippen molar-refractivity contribution in [3.63, 3.8) is 0 Å². The summed E-state index contributed by atoms with van der Waals surface area (Å²) in [6.45, 7) is 1.98. The number of nitrogens with zero attached hydrogens (tertiary/aromatic N) is 1. The fraction of sp³-hybridized carbons (Fsp3) is 0.250. The lowest BCUT2D eigenvalue weighted by Gasteiger charge is -2.43. The average Bonchev–Trinajstić information content (AvgIpc) is 2.45. The SMILES string of the molecule is Clc1ccc2c(c1)N1Cc3ccccc3CC1CN2. The number of rotatable bonds is 0. The van der Waals surface area contributed by atoms with Gasteiger partial charge < -0.3 is 10.2 Å². The van der Waals surface area contributed by atoms with Gasteiger partial charge in [-0.05, 0) is 35.7 Å². The van der Waals surface area contributed by atoms with E-state index in [-0.39, 0.29) is 0 Å². The molecular weight excluding hydrogens is 256 g/mol. The van der Waals surface area contributed by atoms with Gasteiger partial charge in [0, 0.05) is 18.1 Å². The molecule has 1 unspecified atom stereocenters. The first-order chi connectivity index (χ1) is 9.31. The number of hydrogen-bond donors (Lipinski definition) is 1. The third-order valence-corrected chi connectivity index (χ3v) is 4.39. The minimum atomic E-state index is 0.529. The van der Waals surface area contributed by atoms with Gasteiger partial charge in [-0.25, -0.2) is 0 Å². The summed E-state index contributed by atoms with van der Waals surface area (Å²) >= 11 is 6.15. The van der Waals surface area contributed by atoms with E-state index in [1.807, 2.05) is 6.07 Å². The van der Waals surface area contributed by atoms with E-state index >= 15 is 0 Å². The molecule has 0 saturated heterocycles. The summed E-state index contributed by atoms with van der Waals surface area (Å²) in [5.74, 6) is 0. The van der Waals surface area contributed by atoms with Crippen molar-refractivity contribution in [1.29, 1.82) is 0 Å². The van der Waals surface area contributed by atoms with E-state index in [2.05, 4.69) is 46.6 Å². The van der Waals surface area contributed by atoms with Crippen LogP contribution in [0.5, 0.6) is 0 Å². The molecule has 2 aromatic rings. The number of benzene rings is 2. The fourth-order valence-electron chi connectivity index (χ4n) is 3.17. The number of nitrogens with one attached hydrogen (secondary N) is 1. The molecule has 0 fully saturated rings. The molecule has 2 heterocycles. The minimum absolute atomic E-state index is 0.529. The molecular formula is C16H15ClN2. The van der Waals surface area contributed by atoms with E-state index in [1.165, 1.54) is 22.5 Å². The largest absolute Gasteiger partial charge is 0.381 e. The van der Waals surface area contributed by atoms with Gasteiger partial charge in [0.15, 0.2) is 0 Å². The summed E-state index contributed by atoms with van der Waals surface area (Å²) in [5.41, 5.74) is 5.35. The Balaban J connectivity index is 1.79. The highest BCUT2D eigenvalue weighted by molar-refractivity contribution is 6.31. The summed E-state index contributed by atoms with van der Waals surface area (Å²) in [6.07, 6.45) is 1.11. The topological polar surface area (TPSA) is 15.3 Å². The molecule has 4 rings (SSSR count). The molecule has 0 aliphatic carbocycles. The zero-order valence-electron chi connectivity index (χ0n) is 10.6. The van der Waals surface area contributed by atoms with Crippen LogP contribution in [0.15, 0.2) is 42.5 Å². The first-order valence-electron chi connectivity index (χ1n) is 6.68. The molecule has 96 valence electrons. The van der Waals surface area contributed by atoms with Gasteiger partial charge in [-0.2, -0.15) is 0 Å². The van der Waals surface area contributed by atoms with Gasteiger partial charge >= 0.3 is 0 Å². The van der Waals surface area contributed by atoms with Crippen molar-refractivity contribution in [2.45, 2.75) is 19.0 Å². The number of fused-ring (bicyclic) bond motifs is 4. The maximum Gasteiger partial charge on any atom is 0.0623 e. The molecule has 0 saturated carbocycles.